The number of anilines is 2. The number of fused-ring (bicyclic) bond motifs is 1. The molecule has 5 rings (SSSR count). The molecule has 0 saturated carbocycles. The fourth-order valence-electron chi connectivity index (χ4n) is 4.64. The molecule has 0 fully saturated rings. The van der Waals surface area contributed by atoms with E-state index in [-0.39, 0.29) is 12.5 Å². The summed E-state index contributed by atoms with van der Waals surface area (Å²) >= 11 is 11.6. The Balaban J connectivity index is 1.58. The van der Waals surface area contributed by atoms with E-state index in [0.29, 0.717) is 51.2 Å². The van der Waals surface area contributed by atoms with Crippen molar-refractivity contribution in [2.24, 2.45) is 0 Å². The molecule has 1 aliphatic rings. The fraction of sp³-hybridized carbons (Fsp3) is 0.258. The van der Waals surface area contributed by atoms with Gasteiger partial charge in [0.25, 0.3) is 5.91 Å². The summed E-state index contributed by atoms with van der Waals surface area (Å²) in [6.07, 6.45) is 0.987. The van der Waals surface area contributed by atoms with E-state index in [4.69, 9.17) is 31.2 Å². The van der Waals surface area contributed by atoms with Crippen molar-refractivity contribution in [2.45, 2.75) is 45.0 Å². The van der Waals surface area contributed by atoms with Gasteiger partial charge in [-0.1, -0.05) is 76.5 Å². The maximum Gasteiger partial charge on any atom is 0.255 e. The summed E-state index contributed by atoms with van der Waals surface area (Å²) in [6.45, 7) is 6.62. The van der Waals surface area contributed by atoms with Crippen LogP contribution in [0.1, 0.15) is 44.4 Å². The summed E-state index contributed by atoms with van der Waals surface area (Å²) < 4.78 is 14.7. The second-order valence-corrected chi connectivity index (χ2v) is 11.9. The molecule has 0 spiro atoms. The normalized spacial score (nSPS) is 14.3. The Hall–Kier alpha value is -3.47. The zero-order chi connectivity index (χ0) is 29.6. The SMILES string of the molecule is CCCSc1nc2n(n1)C(c1cc(Br)ccc1OCc1ccccc1Cl)C(C(=O)Nc1ccccc1OCC)=C(C)N2. The number of carbonyl (C=O) groups excluding carboxylic acids is 1. The number of hydrogen-bond donors (Lipinski definition) is 2. The molecule has 1 aliphatic heterocycles. The van der Waals surface area contributed by atoms with E-state index in [1.54, 1.807) is 16.4 Å². The summed E-state index contributed by atoms with van der Waals surface area (Å²) in [6, 6.07) is 20.1. The largest absolute Gasteiger partial charge is 0.492 e. The number of thioether (sulfide) groups is 1. The monoisotopic (exact) mass is 667 g/mol. The van der Waals surface area contributed by atoms with Gasteiger partial charge in [-0.3, -0.25) is 4.79 Å². The number of rotatable bonds is 11. The minimum Gasteiger partial charge on any atom is -0.492 e. The molecule has 1 amide bonds. The van der Waals surface area contributed by atoms with Gasteiger partial charge in [0.05, 0.1) is 17.9 Å². The number of ether oxygens (including phenoxy) is 2. The minimum absolute atomic E-state index is 0.257. The molecular formula is C31H31BrClN5O3S. The average Bonchev–Trinajstić information content (AvgIpc) is 3.38. The predicted molar refractivity (Wildman–Crippen MR) is 172 cm³/mol. The Morgan fingerprint density at radius 2 is 1.88 bits per heavy atom. The molecular weight excluding hydrogens is 638 g/mol. The number of benzene rings is 3. The van der Waals surface area contributed by atoms with Crippen molar-refractivity contribution >= 4 is 56.8 Å². The van der Waals surface area contributed by atoms with E-state index < -0.39 is 6.04 Å². The maximum atomic E-state index is 14.1. The number of nitrogens with zero attached hydrogens (tertiary/aromatic N) is 3. The van der Waals surface area contributed by atoms with Gasteiger partial charge in [0.2, 0.25) is 11.1 Å². The summed E-state index contributed by atoms with van der Waals surface area (Å²) in [5.41, 5.74) is 3.33. The molecule has 1 unspecified atom stereocenters. The highest BCUT2D eigenvalue weighted by Gasteiger charge is 2.36. The number of allylic oxidation sites excluding steroid dienone is 1. The van der Waals surface area contributed by atoms with Gasteiger partial charge in [-0.2, -0.15) is 4.98 Å². The van der Waals surface area contributed by atoms with Crippen molar-refractivity contribution in [1.82, 2.24) is 14.8 Å². The molecule has 2 N–H and O–H groups in total. The van der Waals surface area contributed by atoms with Crippen LogP contribution < -0.4 is 20.1 Å². The van der Waals surface area contributed by atoms with E-state index in [1.165, 1.54) is 0 Å². The zero-order valence-corrected chi connectivity index (χ0v) is 26.6. The van der Waals surface area contributed by atoms with Gasteiger partial charge < -0.3 is 20.1 Å². The smallest absolute Gasteiger partial charge is 0.255 e. The number of amides is 1. The van der Waals surface area contributed by atoms with Crippen LogP contribution in [0, 0.1) is 0 Å². The van der Waals surface area contributed by atoms with E-state index in [9.17, 15) is 4.79 Å². The first kappa shape index (κ1) is 30.0. The summed E-state index contributed by atoms with van der Waals surface area (Å²) in [4.78, 5) is 18.9. The fourth-order valence-corrected chi connectivity index (χ4v) is 5.90. The lowest BCUT2D eigenvalue weighted by Gasteiger charge is -2.30. The second kappa shape index (κ2) is 13.7. The van der Waals surface area contributed by atoms with Crippen LogP contribution in [0.2, 0.25) is 5.02 Å². The van der Waals surface area contributed by atoms with Crippen LogP contribution in [0.25, 0.3) is 0 Å². The standard InChI is InChI=1S/C31H31BrClN5O3S/c1-4-16-42-31-36-30-34-19(3)27(29(39)35-24-12-8-9-13-26(24)40-5-2)28(38(30)37-31)22-17-21(32)14-15-25(22)41-18-20-10-6-7-11-23(20)33/h6-15,17,28H,4-5,16,18H2,1-3H3,(H,35,39)(H,34,36,37). The third kappa shape index (κ3) is 6.61. The lowest BCUT2D eigenvalue weighted by atomic mass is 9.94. The van der Waals surface area contributed by atoms with E-state index in [2.05, 4.69) is 33.5 Å². The number of halogens is 2. The topological polar surface area (TPSA) is 90.3 Å². The Kier molecular flexibility index (Phi) is 9.76. The summed E-state index contributed by atoms with van der Waals surface area (Å²) in [5.74, 6) is 2.34. The summed E-state index contributed by atoms with van der Waals surface area (Å²) in [5, 5.41) is 12.5. The minimum atomic E-state index is -0.636. The Labute approximate surface area is 263 Å². The number of carbonyl (C=O) groups is 1. The predicted octanol–water partition coefficient (Wildman–Crippen LogP) is 8.10. The first-order chi connectivity index (χ1) is 20.4. The van der Waals surface area contributed by atoms with Gasteiger partial charge in [0.1, 0.15) is 24.1 Å². The van der Waals surface area contributed by atoms with Crippen LogP contribution >= 0.6 is 39.3 Å². The molecule has 0 radical (unpaired) electrons. The zero-order valence-electron chi connectivity index (χ0n) is 23.5. The van der Waals surface area contributed by atoms with Crippen LogP contribution in [0.4, 0.5) is 11.6 Å². The van der Waals surface area contributed by atoms with Crippen molar-refractivity contribution in [3.63, 3.8) is 0 Å². The first-order valence-electron chi connectivity index (χ1n) is 13.7. The molecule has 3 aromatic carbocycles. The number of nitrogens with one attached hydrogen (secondary N) is 2. The van der Waals surface area contributed by atoms with Crippen molar-refractivity contribution in [3.05, 3.63) is 98.6 Å². The third-order valence-electron chi connectivity index (χ3n) is 6.56. The highest BCUT2D eigenvalue weighted by molar-refractivity contribution is 9.10. The van der Waals surface area contributed by atoms with Crippen molar-refractivity contribution in [1.29, 1.82) is 0 Å². The molecule has 0 aliphatic carbocycles. The molecule has 4 aromatic rings. The first-order valence-corrected chi connectivity index (χ1v) is 15.8. The van der Waals surface area contributed by atoms with Gasteiger partial charge in [-0.15, -0.1) is 5.10 Å². The van der Waals surface area contributed by atoms with Gasteiger partial charge >= 0.3 is 0 Å². The maximum absolute atomic E-state index is 14.1. The highest BCUT2D eigenvalue weighted by Crippen LogP contribution is 2.42. The average molecular weight is 669 g/mol. The Morgan fingerprint density at radius 1 is 1.10 bits per heavy atom. The van der Waals surface area contributed by atoms with E-state index in [1.807, 2.05) is 80.6 Å². The van der Waals surface area contributed by atoms with Gasteiger partial charge in [0.15, 0.2) is 0 Å². The van der Waals surface area contributed by atoms with Crippen LogP contribution in [0.15, 0.2) is 87.6 Å². The quantitative estimate of drug-likeness (QED) is 0.156. The van der Waals surface area contributed by atoms with Gasteiger partial charge in [-0.05, 0) is 56.7 Å². The molecule has 1 aromatic heterocycles. The molecule has 11 heteroatoms. The second-order valence-electron chi connectivity index (χ2n) is 9.52. The van der Waals surface area contributed by atoms with Crippen LogP contribution in [-0.4, -0.2) is 33.0 Å². The molecule has 8 nitrogen and oxygen atoms in total. The lowest BCUT2D eigenvalue weighted by Crippen LogP contribution is -2.32. The molecule has 0 bridgehead atoms. The van der Waals surface area contributed by atoms with E-state index in [0.717, 1.165) is 27.8 Å². The molecule has 1 atom stereocenters. The third-order valence-corrected chi connectivity index (χ3v) is 8.46. The van der Waals surface area contributed by atoms with Gasteiger partial charge in [0, 0.05) is 32.1 Å². The highest BCUT2D eigenvalue weighted by atomic mass is 79.9. The number of aromatic nitrogens is 3. The van der Waals surface area contributed by atoms with Crippen molar-refractivity contribution in [2.75, 3.05) is 23.0 Å². The number of para-hydroxylation sites is 2. The van der Waals surface area contributed by atoms with Crippen molar-refractivity contribution < 1.29 is 14.3 Å². The Morgan fingerprint density at radius 3 is 2.67 bits per heavy atom. The molecule has 42 heavy (non-hydrogen) atoms. The van der Waals surface area contributed by atoms with Crippen LogP contribution in [-0.2, 0) is 11.4 Å². The molecule has 218 valence electrons. The van der Waals surface area contributed by atoms with Crippen molar-refractivity contribution in [3.8, 4) is 11.5 Å². The lowest BCUT2D eigenvalue weighted by molar-refractivity contribution is -0.113. The Bertz CT molecular complexity index is 1630. The van der Waals surface area contributed by atoms with Gasteiger partial charge in [-0.25, -0.2) is 4.68 Å². The molecule has 2 heterocycles. The van der Waals surface area contributed by atoms with E-state index >= 15 is 0 Å². The number of hydrogen-bond acceptors (Lipinski definition) is 7. The van der Waals surface area contributed by atoms with Crippen LogP contribution in [0.5, 0.6) is 11.5 Å². The van der Waals surface area contributed by atoms with Crippen LogP contribution in [0.3, 0.4) is 0 Å². The molecule has 0 saturated heterocycles. The summed E-state index contributed by atoms with van der Waals surface area (Å²) in [7, 11) is 0.